The number of nitro benzene ring substituents is 1. The molecule has 10 heteroatoms. The molecule has 122 valence electrons. The molecular formula is C14H8Cl2N4O3S. The van der Waals surface area contributed by atoms with Gasteiger partial charge < -0.3 is 0 Å². The van der Waals surface area contributed by atoms with Crippen LogP contribution >= 0.6 is 34.5 Å². The van der Waals surface area contributed by atoms with Crippen molar-refractivity contribution in [3.63, 3.8) is 0 Å². The van der Waals surface area contributed by atoms with E-state index in [2.05, 4.69) is 15.8 Å². The number of carbonyl (C=O) groups excluding carboxylic acids is 1. The lowest BCUT2D eigenvalue weighted by Gasteiger charge is -2.07. The Bertz CT molecular complexity index is 960. The number of halogens is 2. The third-order valence-corrected chi connectivity index (χ3v) is 4.52. The van der Waals surface area contributed by atoms with E-state index in [0.717, 1.165) is 0 Å². The fraction of sp³-hybridized carbons (Fsp3) is 0. The van der Waals surface area contributed by atoms with Gasteiger partial charge in [-0.25, -0.2) is 4.98 Å². The number of nitrogens with one attached hydrogen (secondary N) is 2. The highest BCUT2D eigenvalue weighted by Crippen LogP contribution is 2.29. The van der Waals surface area contributed by atoms with Crippen LogP contribution in [0.15, 0.2) is 36.4 Å². The van der Waals surface area contributed by atoms with E-state index in [9.17, 15) is 14.9 Å². The van der Waals surface area contributed by atoms with Crippen molar-refractivity contribution in [1.82, 2.24) is 10.4 Å². The van der Waals surface area contributed by atoms with Gasteiger partial charge in [0.1, 0.15) is 0 Å². The van der Waals surface area contributed by atoms with Crippen LogP contribution in [0.5, 0.6) is 0 Å². The Kier molecular flexibility index (Phi) is 4.52. The number of thiazole rings is 1. The zero-order valence-electron chi connectivity index (χ0n) is 11.7. The molecule has 7 nitrogen and oxygen atoms in total. The maximum Gasteiger partial charge on any atom is 0.271 e. The predicted molar refractivity (Wildman–Crippen MR) is 93.8 cm³/mol. The molecule has 0 spiro atoms. The maximum absolute atomic E-state index is 12.1. The van der Waals surface area contributed by atoms with Gasteiger partial charge in [-0.15, -0.1) is 0 Å². The Morgan fingerprint density at radius 2 is 2.00 bits per heavy atom. The van der Waals surface area contributed by atoms with Crippen molar-refractivity contribution in [3.05, 3.63) is 62.1 Å². The van der Waals surface area contributed by atoms with Crippen molar-refractivity contribution in [3.8, 4) is 0 Å². The summed E-state index contributed by atoms with van der Waals surface area (Å²) in [5.74, 6) is -0.457. The molecule has 1 aromatic heterocycles. The van der Waals surface area contributed by atoms with E-state index in [4.69, 9.17) is 23.2 Å². The zero-order chi connectivity index (χ0) is 17.3. The number of non-ortho nitro benzene ring substituents is 1. The van der Waals surface area contributed by atoms with Crippen molar-refractivity contribution in [2.24, 2.45) is 0 Å². The normalized spacial score (nSPS) is 10.6. The van der Waals surface area contributed by atoms with E-state index >= 15 is 0 Å². The molecule has 0 atom stereocenters. The lowest BCUT2D eigenvalue weighted by atomic mass is 10.2. The molecule has 24 heavy (non-hydrogen) atoms. The molecule has 0 aliphatic heterocycles. The minimum Gasteiger partial charge on any atom is -0.273 e. The van der Waals surface area contributed by atoms with Crippen molar-refractivity contribution in [2.45, 2.75) is 0 Å². The number of hydrazine groups is 1. The summed E-state index contributed by atoms with van der Waals surface area (Å²) in [6.07, 6.45) is 0. The van der Waals surface area contributed by atoms with Gasteiger partial charge in [-0.05, 0) is 24.3 Å². The van der Waals surface area contributed by atoms with E-state index in [1.807, 2.05) is 0 Å². The van der Waals surface area contributed by atoms with Crippen LogP contribution in [0.25, 0.3) is 10.2 Å². The molecule has 2 N–H and O–H groups in total. The van der Waals surface area contributed by atoms with Crippen molar-refractivity contribution >= 4 is 61.5 Å². The van der Waals surface area contributed by atoms with Gasteiger partial charge in [0.25, 0.3) is 11.6 Å². The summed E-state index contributed by atoms with van der Waals surface area (Å²) >= 11 is 12.9. The Balaban J connectivity index is 1.75. The van der Waals surface area contributed by atoms with Gasteiger partial charge in [0.2, 0.25) is 5.13 Å². The number of hydrogen-bond acceptors (Lipinski definition) is 6. The number of fused-ring (bicyclic) bond motifs is 1. The van der Waals surface area contributed by atoms with Gasteiger partial charge >= 0.3 is 0 Å². The number of hydrogen-bond donors (Lipinski definition) is 2. The number of nitro groups is 1. The van der Waals surface area contributed by atoms with Gasteiger partial charge in [0.15, 0.2) is 0 Å². The molecule has 3 aromatic rings. The minimum atomic E-state index is -0.476. The smallest absolute Gasteiger partial charge is 0.271 e. The molecule has 0 saturated carbocycles. The molecule has 3 rings (SSSR count). The molecule has 0 aliphatic carbocycles. The summed E-state index contributed by atoms with van der Waals surface area (Å²) < 4.78 is 0.630. The summed E-state index contributed by atoms with van der Waals surface area (Å²) in [4.78, 5) is 26.6. The molecule has 1 heterocycles. The quantitative estimate of drug-likeness (QED) is 0.518. The highest BCUT2D eigenvalue weighted by molar-refractivity contribution is 7.22. The monoisotopic (exact) mass is 382 g/mol. The largest absolute Gasteiger partial charge is 0.273 e. The van der Waals surface area contributed by atoms with Gasteiger partial charge in [-0.1, -0.05) is 34.5 Å². The van der Waals surface area contributed by atoms with Crippen LogP contribution < -0.4 is 10.9 Å². The summed E-state index contributed by atoms with van der Waals surface area (Å²) in [6.45, 7) is 0. The fourth-order valence-electron chi connectivity index (χ4n) is 1.93. The second-order valence-corrected chi connectivity index (χ2v) is 6.51. The van der Waals surface area contributed by atoms with Crippen molar-refractivity contribution in [1.29, 1.82) is 0 Å². The average molecular weight is 383 g/mol. The lowest BCUT2D eigenvalue weighted by Crippen LogP contribution is -2.29. The van der Waals surface area contributed by atoms with Crippen LogP contribution in [0.3, 0.4) is 0 Å². The maximum atomic E-state index is 12.1. The standard InChI is InChI=1S/C14H8Cl2N4O3S/c15-7-1-3-9(10(16)5-7)13(21)18-19-14-17-11-4-2-8(20(22)23)6-12(11)24-14/h1-6H,(H,17,19)(H,18,21). The van der Waals surface area contributed by atoms with Crippen LogP contribution in [0, 0.1) is 10.1 Å². The first kappa shape index (κ1) is 16.4. The number of amides is 1. The SMILES string of the molecule is O=C(NNc1nc2ccc([N+](=O)[O-])cc2s1)c1ccc(Cl)cc1Cl. The van der Waals surface area contributed by atoms with Gasteiger partial charge in [-0.2, -0.15) is 0 Å². The molecule has 0 saturated heterocycles. The molecule has 0 aliphatic rings. The summed E-state index contributed by atoms with van der Waals surface area (Å²) in [7, 11) is 0. The summed E-state index contributed by atoms with van der Waals surface area (Å²) in [5.41, 5.74) is 5.97. The molecule has 2 aromatic carbocycles. The summed E-state index contributed by atoms with van der Waals surface area (Å²) in [6, 6.07) is 8.87. The molecular weight excluding hydrogens is 375 g/mol. The average Bonchev–Trinajstić information content (AvgIpc) is 2.94. The second-order valence-electron chi connectivity index (χ2n) is 4.63. The Labute approximate surface area is 149 Å². The number of aromatic nitrogens is 1. The van der Waals surface area contributed by atoms with E-state index in [1.165, 1.54) is 35.6 Å². The number of benzene rings is 2. The van der Waals surface area contributed by atoms with Crippen LogP contribution in [-0.4, -0.2) is 15.8 Å². The lowest BCUT2D eigenvalue weighted by molar-refractivity contribution is -0.384. The second kappa shape index (κ2) is 6.60. The molecule has 0 fully saturated rings. The van der Waals surface area contributed by atoms with Gasteiger partial charge in [0.05, 0.1) is 25.7 Å². The van der Waals surface area contributed by atoms with Crippen LogP contribution in [0.1, 0.15) is 10.4 Å². The van der Waals surface area contributed by atoms with Crippen LogP contribution in [-0.2, 0) is 0 Å². The van der Waals surface area contributed by atoms with Crippen LogP contribution in [0.2, 0.25) is 10.0 Å². The van der Waals surface area contributed by atoms with Crippen molar-refractivity contribution in [2.75, 3.05) is 5.43 Å². The Morgan fingerprint density at radius 3 is 2.71 bits per heavy atom. The number of rotatable bonds is 4. The van der Waals surface area contributed by atoms with Crippen LogP contribution in [0.4, 0.5) is 10.8 Å². The third-order valence-electron chi connectivity index (χ3n) is 3.04. The fourth-order valence-corrected chi connectivity index (χ4v) is 3.28. The Hall–Kier alpha value is -2.42. The van der Waals surface area contributed by atoms with Gasteiger partial charge in [-0.3, -0.25) is 25.8 Å². The number of nitrogens with zero attached hydrogens (tertiary/aromatic N) is 2. The first-order chi connectivity index (χ1) is 11.4. The molecule has 0 bridgehead atoms. The highest BCUT2D eigenvalue weighted by atomic mass is 35.5. The third kappa shape index (κ3) is 3.40. The van der Waals surface area contributed by atoms with Crippen molar-refractivity contribution < 1.29 is 9.72 Å². The van der Waals surface area contributed by atoms with E-state index < -0.39 is 10.8 Å². The highest BCUT2D eigenvalue weighted by Gasteiger charge is 2.13. The molecule has 0 unspecified atom stereocenters. The van der Waals surface area contributed by atoms with E-state index in [-0.39, 0.29) is 16.3 Å². The molecule has 1 amide bonds. The van der Waals surface area contributed by atoms with E-state index in [0.29, 0.717) is 20.4 Å². The number of anilines is 1. The van der Waals surface area contributed by atoms with E-state index in [1.54, 1.807) is 12.1 Å². The molecule has 0 radical (unpaired) electrons. The van der Waals surface area contributed by atoms with Gasteiger partial charge in [0, 0.05) is 17.2 Å². The summed E-state index contributed by atoms with van der Waals surface area (Å²) in [5, 5.41) is 11.8. The minimum absolute atomic E-state index is 0.0188. The Morgan fingerprint density at radius 1 is 1.21 bits per heavy atom. The number of carbonyl (C=O) groups is 1. The zero-order valence-corrected chi connectivity index (χ0v) is 14.1. The first-order valence-electron chi connectivity index (χ1n) is 6.50. The first-order valence-corrected chi connectivity index (χ1v) is 8.07. The topological polar surface area (TPSA) is 97.2 Å². The predicted octanol–water partition coefficient (Wildman–Crippen LogP) is 4.27.